The van der Waals surface area contributed by atoms with Crippen LogP contribution in [0.3, 0.4) is 0 Å². The van der Waals surface area contributed by atoms with Crippen molar-refractivity contribution in [3.8, 4) is 5.75 Å². The van der Waals surface area contributed by atoms with Crippen LogP contribution in [0.15, 0.2) is 61.3 Å². The largest absolute Gasteiger partial charge is 0.485 e. The fourth-order valence-corrected chi connectivity index (χ4v) is 5.79. The Bertz CT molecular complexity index is 1700. The van der Waals surface area contributed by atoms with E-state index in [9.17, 15) is 18.8 Å². The minimum atomic E-state index is -1.33. The summed E-state index contributed by atoms with van der Waals surface area (Å²) in [4.78, 5) is 48.7. The molecule has 11 heteroatoms. The molecule has 0 bridgehead atoms. The van der Waals surface area contributed by atoms with Crippen LogP contribution in [0.4, 0.5) is 21.5 Å². The van der Waals surface area contributed by atoms with Crippen molar-refractivity contribution in [2.75, 3.05) is 17.2 Å². The van der Waals surface area contributed by atoms with E-state index in [1.165, 1.54) is 18.2 Å². The zero-order valence-electron chi connectivity index (χ0n) is 23.6. The van der Waals surface area contributed by atoms with Gasteiger partial charge < -0.3 is 24.8 Å². The summed E-state index contributed by atoms with van der Waals surface area (Å²) in [7, 11) is 0. The van der Waals surface area contributed by atoms with Gasteiger partial charge in [-0.3, -0.25) is 14.4 Å². The van der Waals surface area contributed by atoms with Crippen LogP contribution in [0.25, 0.3) is 10.9 Å². The summed E-state index contributed by atoms with van der Waals surface area (Å²) in [6, 6.07) is 10.0. The zero-order valence-corrected chi connectivity index (χ0v) is 23.6. The molecule has 2 unspecified atom stereocenters. The van der Waals surface area contributed by atoms with E-state index in [4.69, 9.17) is 4.74 Å². The number of alkyl halides is 1. The van der Waals surface area contributed by atoms with E-state index in [-0.39, 0.29) is 25.3 Å². The SMILES string of the molecule is CC(=O)c1cn(CC(=O)N2CC(F)CC2C(=O)Nc2cccc3c2OC(C)(C)C3)c2ccc(Nc3cncnc3)cc12. The highest BCUT2D eigenvalue weighted by Crippen LogP contribution is 2.40. The van der Waals surface area contributed by atoms with Crippen LogP contribution in [0.1, 0.15) is 43.1 Å². The number of ketones is 1. The lowest BCUT2D eigenvalue weighted by atomic mass is 10.0. The minimum Gasteiger partial charge on any atom is -0.485 e. The lowest BCUT2D eigenvalue weighted by Crippen LogP contribution is -2.44. The number of ether oxygens (including phenoxy) is 1. The van der Waals surface area contributed by atoms with Gasteiger partial charge in [-0.2, -0.15) is 0 Å². The van der Waals surface area contributed by atoms with E-state index < -0.39 is 29.6 Å². The standard InChI is InChI=1S/C31H31FN6O4/c1-18(39)24-15-37(26-8-7-21(10-23(24)26)35-22-12-33-17-34-13-22)16-28(40)38-14-20(32)9-27(38)30(41)36-25-6-4-5-19-11-31(2,3)42-29(19)25/h4-8,10,12-13,15,17,20,27,35H,9,11,14,16H2,1-3H3,(H,36,41). The van der Waals surface area contributed by atoms with Gasteiger partial charge in [-0.05, 0) is 45.0 Å². The molecule has 2 amide bonds. The van der Waals surface area contributed by atoms with Gasteiger partial charge in [-0.1, -0.05) is 12.1 Å². The Labute approximate surface area is 241 Å². The molecule has 10 nitrogen and oxygen atoms in total. The Balaban J connectivity index is 1.22. The van der Waals surface area contributed by atoms with Crippen molar-refractivity contribution in [3.05, 3.63) is 72.4 Å². The van der Waals surface area contributed by atoms with Gasteiger partial charge in [-0.25, -0.2) is 14.4 Å². The molecule has 0 aliphatic carbocycles. The Kier molecular flexibility index (Phi) is 6.88. The smallest absolute Gasteiger partial charge is 0.247 e. The van der Waals surface area contributed by atoms with Crippen molar-refractivity contribution in [3.63, 3.8) is 0 Å². The molecule has 1 fully saturated rings. The molecule has 1 saturated heterocycles. The van der Waals surface area contributed by atoms with Gasteiger partial charge in [0, 0.05) is 46.8 Å². The van der Waals surface area contributed by atoms with Gasteiger partial charge in [0.1, 0.15) is 36.4 Å². The molecular weight excluding hydrogens is 539 g/mol. The Morgan fingerprint density at radius 1 is 1.12 bits per heavy atom. The van der Waals surface area contributed by atoms with E-state index in [1.807, 2.05) is 44.2 Å². The highest BCUT2D eigenvalue weighted by molar-refractivity contribution is 6.08. The fraction of sp³-hybridized carbons (Fsp3) is 0.323. The summed E-state index contributed by atoms with van der Waals surface area (Å²) >= 11 is 0. The van der Waals surface area contributed by atoms with Crippen molar-refractivity contribution in [1.29, 1.82) is 0 Å². The third-order valence-corrected chi connectivity index (χ3v) is 7.64. The van der Waals surface area contributed by atoms with Gasteiger partial charge in [0.15, 0.2) is 5.78 Å². The van der Waals surface area contributed by atoms with E-state index >= 15 is 0 Å². The highest BCUT2D eigenvalue weighted by Gasteiger charge is 2.41. The Hall–Kier alpha value is -4.80. The van der Waals surface area contributed by atoms with Crippen LogP contribution in [0.2, 0.25) is 0 Å². The molecule has 216 valence electrons. The maximum atomic E-state index is 14.7. The van der Waals surface area contributed by atoms with Crippen molar-refractivity contribution >= 4 is 45.6 Å². The van der Waals surface area contributed by atoms with Gasteiger partial charge in [0.2, 0.25) is 11.8 Å². The zero-order chi connectivity index (χ0) is 29.6. The molecule has 0 spiro atoms. The van der Waals surface area contributed by atoms with E-state index in [0.717, 1.165) is 11.3 Å². The maximum Gasteiger partial charge on any atom is 0.247 e. The average molecular weight is 571 g/mol. The summed E-state index contributed by atoms with van der Waals surface area (Å²) in [5.41, 5.74) is 3.62. The lowest BCUT2D eigenvalue weighted by Gasteiger charge is -2.24. The van der Waals surface area contributed by atoms with Crippen molar-refractivity contribution in [2.45, 2.75) is 58.0 Å². The molecular formula is C31H31FN6O4. The number of halogens is 1. The predicted octanol–water partition coefficient (Wildman–Crippen LogP) is 4.67. The summed E-state index contributed by atoms with van der Waals surface area (Å²) in [6.45, 7) is 5.08. The summed E-state index contributed by atoms with van der Waals surface area (Å²) < 4.78 is 22.4. The minimum absolute atomic E-state index is 0.0949. The molecule has 0 saturated carbocycles. The number of amides is 2. The number of hydrogen-bond acceptors (Lipinski definition) is 7. The molecule has 2 N–H and O–H groups in total. The molecule has 0 radical (unpaired) electrons. The summed E-state index contributed by atoms with van der Waals surface area (Å²) in [5, 5.41) is 6.74. The van der Waals surface area contributed by atoms with Gasteiger partial charge in [-0.15, -0.1) is 0 Å². The number of carbonyl (C=O) groups is 3. The number of rotatable bonds is 7. The normalized spacial score (nSPS) is 18.9. The number of fused-ring (bicyclic) bond motifs is 2. The highest BCUT2D eigenvalue weighted by atomic mass is 19.1. The van der Waals surface area contributed by atoms with Crippen LogP contribution >= 0.6 is 0 Å². The van der Waals surface area contributed by atoms with E-state index in [2.05, 4.69) is 20.6 Å². The maximum absolute atomic E-state index is 14.7. The fourth-order valence-electron chi connectivity index (χ4n) is 5.79. The molecule has 42 heavy (non-hydrogen) atoms. The van der Waals surface area contributed by atoms with E-state index in [1.54, 1.807) is 29.2 Å². The number of nitrogens with zero attached hydrogens (tertiary/aromatic N) is 4. The van der Waals surface area contributed by atoms with Crippen LogP contribution in [-0.2, 0) is 22.6 Å². The van der Waals surface area contributed by atoms with Crippen LogP contribution in [-0.4, -0.2) is 61.4 Å². The molecule has 2 atom stereocenters. The number of aromatic nitrogens is 3. The molecule has 2 aliphatic heterocycles. The molecule has 6 rings (SSSR count). The first-order valence-electron chi connectivity index (χ1n) is 13.8. The molecule has 4 aromatic rings. The summed E-state index contributed by atoms with van der Waals surface area (Å²) in [5.74, 6) is -0.434. The lowest BCUT2D eigenvalue weighted by molar-refractivity contribution is -0.137. The number of likely N-dealkylation sites (tertiary alicyclic amines) is 1. The monoisotopic (exact) mass is 570 g/mol. The number of hydrogen-bond donors (Lipinski definition) is 2. The molecule has 2 aromatic heterocycles. The predicted molar refractivity (Wildman–Crippen MR) is 156 cm³/mol. The number of benzene rings is 2. The number of anilines is 3. The van der Waals surface area contributed by atoms with Gasteiger partial charge in [0.25, 0.3) is 0 Å². The van der Waals surface area contributed by atoms with Gasteiger partial charge >= 0.3 is 0 Å². The second-order valence-corrected chi connectivity index (χ2v) is 11.4. The van der Waals surface area contributed by atoms with Crippen molar-refractivity contribution < 1.29 is 23.5 Å². The number of nitrogens with one attached hydrogen (secondary N) is 2. The second-order valence-electron chi connectivity index (χ2n) is 11.4. The molecule has 2 aromatic carbocycles. The Morgan fingerprint density at radius 3 is 2.67 bits per heavy atom. The second kappa shape index (κ2) is 10.6. The van der Waals surface area contributed by atoms with Crippen LogP contribution < -0.4 is 15.4 Å². The van der Waals surface area contributed by atoms with Crippen molar-refractivity contribution in [1.82, 2.24) is 19.4 Å². The third-order valence-electron chi connectivity index (χ3n) is 7.64. The number of Topliss-reactive ketones (excluding diaryl/α,β-unsaturated/α-hetero) is 1. The quantitative estimate of drug-likeness (QED) is 0.310. The van der Waals surface area contributed by atoms with Crippen molar-refractivity contribution in [2.24, 2.45) is 0 Å². The topological polar surface area (TPSA) is 118 Å². The summed E-state index contributed by atoms with van der Waals surface area (Å²) in [6.07, 6.45) is 5.61. The molecule has 2 aliphatic rings. The van der Waals surface area contributed by atoms with Crippen LogP contribution in [0, 0.1) is 0 Å². The average Bonchev–Trinajstić information content (AvgIpc) is 3.61. The van der Waals surface area contributed by atoms with Gasteiger partial charge in [0.05, 0.1) is 30.3 Å². The number of carbonyl (C=O) groups excluding carboxylic acids is 3. The van der Waals surface area contributed by atoms with Crippen LogP contribution in [0.5, 0.6) is 5.75 Å². The first kappa shape index (κ1) is 27.4. The third kappa shape index (κ3) is 5.29. The molecule has 4 heterocycles. The number of para-hydroxylation sites is 1. The van der Waals surface area contributed by atoms with E-state index in [0.29, 0.717) is 40.0 Å². The first-order chi connectivity index (χ1) is 20.1. The Morgan fingerprint density at radius 2 is 1.90 bits per heavy atom. The first-order valence-corrected chi connectivity index (χ1v) is 13.8.